The number of hydrogen-bond donors (Lipinski definition) is 1. The van der Waals surface area contributed by atoms with Crippen molar-refractivity contribution in [2.24, 2.45) is 11.8 Å². The van der Waals surface area contributed by atoms with Gasteiger partial charge in [0.2, 0.25) is 0 Å². The molecule has 0 aromatic heterocycles. The lowest BCUT2D eigenvalue weighted by Crippen LogP contribution is -2.84. The highest BCUT2D eigenvalue weighted by molar-refractivity contribution is 5.16. The van der Waals surface area contributed by atoms with Crippen molar-refractivity contribution < 1.29 is 10.1 Å². The molecule has 3 rings (SSSR count). The van der Waals surface area contributed by atoms with Crippen molar-refractivity contribution in [3.05, 3.63) is 71.8 Å². The van der Waals surface area contributed by atoms with Crippen LogP contribution >= 0.6 is 0 Å². The summed E-state index contributed by atoms with van der Waals surface area (Å²) in [6.07, 6.45) is 4.84. The number of nitrogens with two attached hydrogens (primary N) is 1. The first-order valence-corrected chi connectivity index (χ1v) is 10.6. The Hall–Kier alpha value is -1.64. The average Bonchev–Trinajstić information content (AvgIpc) is 2.68. The lowest BCUT2D eigenvalue weighted by molar-refractivity contribution is -0.693. The van der Waals surface area contributed by atoms with Gasteiger partial charge >= 0.3 is 0 Å². The van der Waals surface area contributed by atoms with E-state index in [1.165, 1.54) is 43.4 Å². The van der Waals surface area contributed by atoms with Crippen LogP contribution in [0.5, 0.6) is 0 Å². The molecule has 2 aromatic carbocycles. The van der Waals surface area contributed by atoms with E-state index in [-0.39, 0.29) is 5.60 Å². The van der Waals surface area contributed by atoms with Gasteiger partial charge in [0.15, 0.2) is 0 Å². The Kier molecular flexibility index (Phi) is 7.09. The van der Waals surface area contributed by atoms with E-state index in [2.05, 4.69) is 86.8 Å². The quantitative estimate of drug-likeness (QED) is 0.716. The first kappa shape index (κ1) is 20.1. The average molecular weight is 367 g/mol. The van der Waals surface area contributed by atoms with Gasteiger partial charge in [0, 0.05) is 12.2 Å². The molecule has 0 aliphatic carbocycles. The van der Waals surface area contributed by atoms with Crippen LogP contribution in [0.1, 0.15) is 57.2 Å². The molecule has 3 atom stereocenters. The van der Waals surface area contributed by atoms with Gasteiger partial charge in [0.05, 0.1) is 12.1 Å². The molecular formula is C25H36NO+. The van der Waals surface area contributed by atoms with E-state index in [0.29, 0.717) is 6.04 Å². The van der Waals surface area contributed by atoms with E-state index < -0.39 is 0 Å². The lowest BCUT2D eigenvalue weighted by Gasteiger charge is -2.39. The summed E-state index contributed by atoms with van der Waals surface area (Å²) >= 11 is 0. The van der Waals surface area contributed by atoms with Gasteiger partial charge in [-0.25, -0.2) is 0 Å². The van der Waals surface area contributed by atoms with E-state index in [1.54, 1.807) is 0 Å². The van der Waals surface area contributed by atoms with Crippen LogP contribution in [0.2, 0.25) is 0 Å². The smallest absolute Gasteiger partial charge is 0.109 e. The van der Waals surface area contributed by atoms with Crippen LogP contribution in [0.4, 0.5) is 0 Å². The molecule has 1 fully saturated rings. The molecule has 0 bridgehead atoms. The van der Waals surface area contributed by atoms with Crippen molar-refractivity contribution in [2.45, 2.75) is 58.1 Å². The van der Waals surface area contributed by atoms with Crippen molar-refractivity contribution >= 4 is 0 Å². The van der Waals surface area contributed by atoms with Crippen LogP contribution in [0.15, 0.2) is 60.7 Å². The predicted octanol–water partition coefficient (Wildman–Crippen LogP) is 4.77. The van der Waals surface area contributed by atoms with Gasteiger partial charge in [-0.1, -0.05) is 60.7 Å². The highest BCUT2D eigenvalue weighted by Gasteiger charge is 2.33. The van der Waals surface area contributed by atoms with Crippen molar-refractivity contribution in [3.63, 3.8) is 0 Å². The zero-order valence-corrected chi connectivity index (χ0v) is 17.2. The van der Waals surface area contributed by atoms with Gasteiger partial charge in [-0.15, -0.1) is 0 Å². The summed E-state index contributed by atoms with van der Waals surface area (Å²) in [7, 11) is 0. The van der Waals surface area contributed by atoms with Crippen molar-refractivity contribution in [2.75, 3.05) is 13.2 Å². The minimum Gasteiger partial charge on any atom is -0.376 e. The minimum absolute atomic E-state index is 0.0267. The molecule has 2 aromatic rings. The summed E-state index contributed by atoms with van der Waals surface area (Å²) in [5.74, 6) is 1.49. The fourth-order valence-corrected chi connectivity index (χ4v) is 4.56. The first-order valence-electron chi connectivity index (χ1n) is 10.6. The fraction of sp³-hybridized carbons (Fsp3) is 0.520. The minimum atomic E-state index is 0.0267. The third kappa shape index (κ3) is 6.19. The monoisotopic (exact) mass is 366 g/mol. The van der Waals surface area contributed by atoms with Gasteiger partial charge < -0.3 is 10.1 Å². The molecule has 1 aliphatic heterocycles. The molecular weight excluding hydrogens is 330 g/mol. The van der Waals surface area contributed by atoms with E-state index in [0.717, 1.165) is 18.4 Å². The fourth-order valence-electron chi connectivity index (χ4n) is 4.56. The van der Waals surface area contributed by atoms with Crippen molar-refractivity contribution in [3.8, 4) is 0 Å². The molecule has 2 nitrogen and oxygen atoms in total. The first-order chi connectivity index (χ1) is 13.0. The second-order valence-electron chi connectivity index (χ2n) is 8.82. The molecule has 2 heteroatoms. The topological polar surface area (TPSA) is 25.8 Å². The molecule has 0 saturated carbocycles. The van der Waals surface area contributed by atoms with Gasteiger partial charge in [-0.3, -0.25) is 0 Å². The van der Waals surface area contributed by atoms with Crippen LogP contribution in [0.25, 0.3) is 0 Å². The van der Waals surface area contributed by atoms with E-state index in [4.69, 9.17) is 4.74 Å². The zero-order valence-electron chi connectivity index (χ0n) is 17.2. The molecule has 1 heterocycles. The highest BCUT2D eigenvalue weighted by atomic mass is 16.5. The van der Waals surface area contributed by atoms with Crippen molar-refractivity contribution in [1.82, 2.24) is 0 Å². The number of ether oxygens (including phenoxy) is 1. The van der Waals surface area contributed by atoms with Crippen LogP contribution < -0.4 is 5.32 Å². The predicted molar refractivity (Wildman–Crippen MR) is 113 cm³/mol. The molecule has 0 amide bonds. The summed E-state index contributed by atoms with van der Waals surface area (Å²) < 4.78 is 5.99. The Morgan fingerprint density at radius 2 is 1.70 bits per heavy atom. The molecule has 2 N–H and O–H groups in total. The standard InChI is InChI=1S/C25H35NO/c1-20(22-12-8-5-9-13-22)26-16-14-23(18-21-10-6-4-7-11-21)24-15-17-27-25(2,3)19-24/h4-13,20,23-24,26H,14-19H2,1-3H3/p+1/t20-,23+,24+/m0/s1. The van der Waals surface area contributed by atoms with Gasteiger partial charge in [0.25, 0.3) is 0 Å². The van der Waals surface area contributed by atoms with Gasteiger partial charge in [0.1, 0.15) is 6.04 Å². The van der Waals surface area contributed by atoms with Crippen LogP contribution in [-0.2, 0) is 11.2 Å². The molecule has 27 heavy (non-hydrogen) atoms. The maximum atomic E-state index is 5.99. The molecule has 146 valence electrons. The van der Waals surface area contributed by atoms with Crippen LogP contribution in [-0.4, -0.2) is 18.8 Å². The molecule has 0 radical (unpaired) electrons. The Bertz CT molecular complexity index is 667. The summed E-state index contributed by atoms with van der Waals surface area (Å²) in [6.45, 7) is 8.92. The van der Waals surface area contributed by atoms with Crippen LogP contribution in [0.3, 0.4) is 0 Å². The highest BCUT2D eigenvalue weighted by Crippen LogP contribution is 2.36. The van der Waals surface area contributed by atoms with Gasteiger partial charge in [-0.2, -0.15) is 0 Å². The molecule has 0 unspecified atom stereocenters. The van der Waals surface area contributed by atoms with Crippen LogP contribution in [0, 0.1) is 11.8 Å². The second-order valence-corrected chi connectivity index (χ2v) is 8.82. The Morgan fingerprint density at radius 1 is 1.04 bits per heavy atom. The Morgan fingerprint density at radius 3 is 2.37 bits per heavy atom. The van der Waals surface area contributed by atoms with E-state index in [1.807, 2.05) is 0 Å². The van der Waals surface area contributed by atoms with E-state index in [9.17, 15) is 0 Å². The summed E-state index contributed by atoms with van der Waals surface area (Å²) in [4.78, 5) is 0. The number of quaternary nitrogens is 1. The maximum Gasteiger partial charge on any atom is 0.109 e. The SMILES string of the molecule is C[C@H]([NH2+]CC[C@H](Cc1ccccc1)[C@@H]1CCOC(C)(C)C1)c1ccccc1. The summed E-state index contributed by atoms with van der Waals surface area (Å²) in [6, 6.07) is 22.4. The summed E-state index contributed by atoms with van der Waals surface area (Å²) in [5.41, 5.74) is 2.92. The maximum absolute atomic E-state index is 5.99. The molecule has 0 spiro atoms. The van der Waals surface area contributed by atoms with Gasteiger partial charge in [-0.05, 0) is 63.9 Å². The number of hydrogen-bond acceptors (Lipinski definition) is 1. The van der Waals surface area contributed by atoms with Crippen molar-refractivity contribution in [1.29, 1.82) is 0 Å². The molecule has 1 aliphatic rings. The summed E-state index contributed by atoms with van der Waals surface area (Å²) in [5, 5.41) is 2.51. The number of benzene rings is 2. The third-order valence-corrected chi connectivity index (χ3v) is 6.13. The lowest BCUT2D eigenvalue weighted by atomic mass is 9.75. The largest absolute Gasteiger partial charge is 0.376 e. The Balaban J connectivity index is 1.61. The zero-order chi connectivity index (χ0) is 19.1. The normalized spacial score (nSPS) is 21.5. The second kappa shape index (κ2) is 9.52. The molecule has 1 saturated heterocycles. The number of rotatable bonds is 8. The van der Waals surface area contributed by atoms with E-state index >= 15 is 0 Å². The third-order valence-electron chi connectivity index (χ3n) is 6.13. The Labute approximate surface area is 165 Å².